The van der Waals surface area contributed by atoms with Gasteiger partial charge in [-0.25, -0.2) is 4.79 Å². The molecule has 1 amide bonds. The number of piperidine rings is 1. The molecular weight excluding hydrogens is 376 g/mol. The maximum Gasteiger partial charge on any atom is 0.328 e. The van der Waals surface area contributed by atoms with Crippen LogP contribution in [0.15, 0.2) is 24.3 Å². The highest BCUT2D eigenvalue weighted by atomic mass is 16.6. The van der Waals surface area contributed by atoms with Gasteiger partial charge in [0.25, 0.3) is 11.6 Å². The van der Waals surface area contributed by atoms with E-state index in [0.29, 0.717) is 26.1 Å². The number of amides is 1. The van der Waals surface area contributed by atoms with Gasteiger partial charge in [-0.15, -0.1) is 0 Å². The van der Waals surface area contributed by atoms with E-state index in [2.05, 4.69) is 4.90 Å². The van der Waals surface area contributed by atoms with Crippen molar-refractivity contribution in [1.29, 1.82) is 0 Å². The largest absolute Gasteiger partial charge is 0.464 e. The number of nitrogens with zero attached hydrogens (tertiary/aromatic N) is 3. The standard InChI is InChI=1S/C20H28N4O5/c1-2-29-20(26)18-5-3-4-10-23(18)19(25)15-21-11-13-22(14-12-21)16-6-8-17(9-7-16)24(27)28/h6-9,18H,2-5,10-15H2,1H3/p+1/t18-/m1/s1. The first-order valence-corrected chi connectivity index (χ1v) is 10.3. The van der Waals surface area contributed by atoms with Crippen LogP contribution in [0, 0.1) is 10.1 Å². The summed E-state index contributed by atoms with van der Waals surface area (Å²) in [7, 11) is 0. The van der Waals surface area contributed by atoms with Crippen LogP contribution in [-0.4, -0.2) is 73.6 Å². The van der Waals surface area contributed by atoms with Crippen molar-refractivity contribution in [3.63, 3.8) is 0 Å². The van der Waals surface area contributed by atoms with Crippen molar-refractivity contribution in [1.82, 2.24) is 4.90 Å². The number of quaternary nitrogens is 1. The normalized spacial score (nSPS) is 20.4. The van der Waals surface area contributed by atoms with E-state index in [1.165, 1.54) is 17.0 Å². The molecular formula is C20H29N4O5+. The minimum absolute atomic E-state index is 0.0153. The molecule has 0 bridgehead atoms. The lowest BCUT2D eigenvalue weighted by Crippen LogP contribution is -3.16. The second kappa shape index (κ2) is 9.69. The van der Waals surface area contributed by atoms with Crippen LogP contribution < -0.4 is 9.80 Å². The molecule has 1 aromatic rings. The zero-order chi connectivity index (χ0) is 20.8. The van der Waals surface area contributed by atoms with E-state index in [9.17, 15) is 19.7 Å². The number of ether oxygens (including phenoxy) is 1. The van der Waals surface area contributed by atoms with E-state index >= 15 is 0 Å². The van der Waals surface area contributed by atoms with E-state index in [1.807, 2.05) is 0 Å². The summed E-state index contributed by atoms with van der Waals surface area (Å²) in [6, 6.07) is 6.13. The maximum absolute atomic E-state index is 12.9. The number of nitrogens with one attached hydrogen (secondary N) is 1. The first-order valence-electron chi connectivity index (χ1n) is 10.3. The van der Waals surface area contributed by atoms with Gasteiger partial charge in [-0.1, -0.05) is 0 Å². The zero-order valence-corrected chi connectivity index (χ0v) is 16.8. The summed E-state index contributed by atoms with van der Waals surface area (Å²) in [4.78, 5) is 40.5. The highest BCUT2D eigenvalue weighted by Crippen LogP contribution is 2.20. The summed E-state index contributed by atoms with van der Waals surface area (Å²) in [6.45, 7) is 6.27. The Hall–Kier alpha value is -2.68. The smallest absolute Gasteiger partial charge is 0.328 e. The summed E-state index contributed by atoms with van der Waals surface area (Å²) in [5.41, 5.74) is 1.04. The van der Waals surface area contributed by atoms with Crippen LogP contribution in [0.2, 0.25) is 0 Å². The van der Waals surface area contributed by atoms with Crippen molar-refractivity contribution in [3.05, 3.63) is 34.4 Å². The lowest BCUT2D eigenvalue weighted by atomic mass is 10.0. The fourth-order valence-corrected chi connectivity index (χ4v) is 4.07. The van der Waals surface area contributed by atoms with Gasteiger partial charge >= 0.3 is 5.97 Å². The molecule has 0 unspecified atom stereocenters. The van der Waals surface area contributed by atoms with Gasteiger partial charge in [0.1, 0.15) is 6.04 Å². The number of anilines is 1. The van der Waals surface area contributed by atoms with Gasteiger partial charge < -0.3 is 19.4 Å². The summed E-state index contributed by atoms with van der Waals surface area (Å²) >= 11 is 0. The highest BCUT2D eigenvalue weighted by molar-refractivity contribution is 5.85. The first kappa shape index (κ1) is 21.0. The molecule has 29 heavy (non-hydrogen) atoms. The van der Waals surface area contributed by atoms with Crippen molar-refractivity contribution in [3.8, 4) is 0 Å². The van der Waals surface area contributed by atoms with E-state index < -0.39 is 11.0 Å². The van der Waals surface area contributed by atoms with E-state index in [1.54, 1.807) is 24.0 Å². The number of nitro benzene ring substituents is 1. The van der Waals surface area contributed by atoms with Crippen LogP contribution in [-0.2, 0) is 14.3 Å². The molecule has 0 saturated carbocycles. The maximum atomic E-state index is 12.9. The number of esters is 1. The predicted molar refractivity (Wildman–Crippen MR) is 107 cm³/mol. The molecule has 0 radical (unpaired) electrons. The molecule has 2 fully saturated rings. The summed E-state index contributed by atoms with van der Waals surface area (Å²) < 4.78 is 5.15. The second-order valence-electron chi connectivity index (χ2n) is 7.54. The van der Waals surface area contributed by atoms with Gasteiger partial charge in [-0.3, -0.25) is 14.9 Å². The van der Waals surface area contributed by atoms with Crippen LogP contribution in [0.25, 0.3) is 0 Å². The summed E-state index contributed by atoms with van der Waals surface area (Å²) in [5.74, 6) is -0.278. The average molecular weight is 405 g/mol. The van der Waals surface area contributed by atoms with Crippen molar-refractivity contribution < 1.29 is 24.1 Å². The molecule has 2 heterocycles. The van der Waals surface area contributed by atoms with Crippen LogP contribution in [0.4, 0.5) is 11.4 Å². The third kappa shape index (κ3) is 5.23. The van der Waals surface area contributed by atoms with Crippen molar-refractivity contribution >= 4 is 23.3 Å². The lowest BCUT2D eigenvalue weighted by Gasteiger charge is -2.37. The number of piperazine rings is 1. The van der Waals surface area contributed by atoms with Crippen molar-refractivity contribution in [2.24, 2.45) is 0 Å². The van der Waals surface area contributed by atoms with Gasteiger partial charge in [-0.05, 0) is 38.3 Å². The Morgan fingerprint density at radius 2 is 1.86 bits per heavy atom. The Labute approximate surface area is 170 Å². The van der Waals surface area contributed by atoms with Crippen LogP contribution in [0.1, 0.15) is 26.2 Å². The summed E-state index contributed by atoms with van der Waals surface area (Å²) in [6.07, 6.45) is 2.53. The molecule has 0 spiro atoms. The number of hydrogen-bond donors (Lipinski definition) is 1. The third-order valence-corrected chi connectivity index (χ3v) is 5.68. The molecule has 1 aromatic carbocycles. The predicted octanol–water partition coefficient (Wildman–Crippen LogP) is 0.244. The monoisotopic (exact) mass is 405 g/mol. The van der Waals surface area contributed by atoms with Gasteiger partial charge in [0.15, 0.2) is 6.54 Å². The number of benzene rings is 1. The molecule has 1 atom stereocenters. The van der Waals surface area contributed by atoms with Crippen LogP contribution in [0.5, 0.6) is 0 Å². The molecule has 9 nitrogen and oxygen atoms in total. The van der Waals surface area contributed by atoms with E-state index in [0.717, 1.165) is 44.7 Å². The average Bonchev–Trinajstić information content (AvgIpc) is 2.74. The SMILES string of the molecule is CCOC(=O)[C@H]1CCCCN1C(=O)C[NH+]1CCN(c2ccc([N+](=O)[O-])cc2)CC1. The Kier molecular flexibility index (Phi) is 7.03. The Morgan fingerprint density at radius 3 is 2.48 bits per heavy atom. The van der Waals surface area contributed by atoms with Gasteiger partial charge in [0.2, 0.25) is 0 Å². The van der Waals surface area contributed by atoms with Gasteiger partial charge in [0.05, 0.1) is 37.7 Å². The van der Waals surface area contributed by atoms with Crippen LogP contribution in [0.3, 0.4) is 0 Å². The van der Waals surface area contributed by atoms with E-state index in [-0.39, 0.29) is 17.6 Å². The number of hydrogen-bond acceptors (Lipinski definition) is 6. The van der Waals surface area contributed by atoms with Gasteiger partial charge in [-0.2, -0.15) is 0 Å². The quantitative estimate of drug-likeness (QED) is 0.414. The molecule has 2 aliphatic heterocycles. The van der Waals surface area contributed by atoms with Crippen LogP contribution >= 0.6 is 0 Å². The fraction of sp³-hybridized carbons (Fsp3) is 0.600. The molecule has 9 heteroatoms. The number of carbonyl (C=O) groups excluding carboxylic acids is 2. The Bertz CT molecular complexity index is 731. The summed E-state index contributed by atoms with van der Waals surface area (Å²) in [5, 5.41) is 10.8. The van der Waals surface area contributed by atoms with Crippen molar-refractivity contribution in [2.75, 3.05) is 50.8 Å². The number of rotatable bonds is 6. The minimum atomic E-state index is -0.447. The minimum Gasteiger partial charge on any atom is -0.464 e. The Balaban J connectivity index is 1.52. The number of likely N-dealkylation sites (tertiary alicyclic amines) is 1. The molecule has 0 aromatic heterocycles. The molecule has 2 aliphatic rings. The van der Waals surface area contributed by atoms with Crippen molar-refractivity contribution in [2.45, 2.75) is 32.2 Å². The molecule has 1 N–H and O–H groups in total. The number of nitro groups is 1. The number of carbonyl (C=O) groups is 2. The topological polar surface area (TPSA) is 97.4 Å². The second-order valence-corrected chi connectivity index (χ2v) is 7.54. The van der Waals surface area contributed by atoms with Gasteiger partial charge in [0, 0.05) is 24.4 Å². The molecule has 3 rings (SSSR count). The molecule has 2 saturated heterocycles. The highest BCUT2D eigenvalue weighted by Gasteiger charge is 2.35. The molecule has 0 aliphatic carbocycles. The number of non-ortho nitro benzene ring substituents is 1. The lowest BCUT2D eigenvalue weighted by molar-refractivity contribution is -0.892. The zero-order valence-electron chi connectivity index (χ0n) is 16.8. The van der Waals surface area contributed by atoms with E-state index in [4.69, 9.17) is 4.74 Å². The third-order valence-electron chi connectivity index (χ3n) is 5.68. The fourth-order valence-electron chi connectivity index (χ4n) is 4.07. The Morgan fingerprint density at radius 1 is 1.17 bits per heavy atom. The first-order chi connectivity index (χ1) is 14.0. The molecule has 158 valence electrons.